The summed E-state index contributed by atoms with van der Waals surface area (Å²) in [7, 11) is 9.03. The summed E-state index contributed by atoms with van der Waals surface area (Å²) in [6, 6.07) is -0.547. The number of ether oxygens (including phenoxy) is 10. The van der Waals surface area contributed by atoms with Crippen molar-refractivity contribution in [2.24, 2.45) is 11.8 Å². The van der Waals surface area contributed by atoms with Crippen LogP contribution >= 0.6 is 0 Å². The van der Waals surface area contributed by atoms with E-state index < -0.39 is 115 Å². The zero-order valence-corrected chi connectivity index (χ0v) is 42.9. The number of aliphatic hydroxyl groups excluding tert-OH is 1. The maximum Gasteiger partial charge on any atom is 0.309 e. The number of allylic oxidation sites excluding steroid dienone is 2. The van der Waals surface area contributed by atoms with Crippen LogP contribution in [0.2, 0.25) is 0 Å². The monoisotopic (exact) mass is 969 g/mol. The van der Waals surface area contributed by atoms with Crippen LogP contribution in [0.5, 0.6) is 0 Å². The number of rotatable bonds is 16. The van der Waals surface area contributed by atoms with Crippen molar-refractivity contribution in [3.05, 3.63) is 24.3 Å². The highest BCUT2D eigenvalue weighted by Gasteiger charge is 2.53. The van der Waals surface area contributed by atoms with Crippen molar-refractivity contribution in [1.82, 2.24) is 9.80 Å². The minimum Gasteiger partial charge on any atom is -0.462 e. The normalized spacial score (nSPS) is 40.2. The minimum atomic E-state index is -1.50. The van der Waals surface area contributed by atoms with E-state index in [1.807, 2.05) is 59.2 Å². The molecule has 0 spiro atoms. The maximum atomic E-state index is 13.6. The van der Waals surface area contributed by atoms with Crippen molar-refractivity contribution >= 4 is 24.2 Å². The standard InChI is InChI=1S/C50H84N2O16/c1-14-19-39(55)66-48-33(7)62-42(28-50(48,8)58)67-45-32(6)63-49(44(57)43(45)52(11)12)68-46-34(24-25-53)26-29(3)36(65-41-23-22-35(51(9)10)31(5)61-41)21-18-16-17-20-30(4)60-40(56)27-37(47(46)59-13)64-38(54)15-2/h16-18,21,25,29-37,41-49,57-58H,14-15,19-20,22-24,26-28H2,1-13H3/t29-,30-,31?,32?,33?,34+,35?,36?,37?,41?,42?,43?,44?,45?,46+,47+,48?,49?,50?/m1/s1. The van der Waals surface area contributed by atoms with Crippen molar-refractivity contribution in [3.63, 3.8) is 0 Å². The average molecular weight is 969 g/mol. The van der Waals surface area contributed by atoms with E-state index in [4.69, 9.17) is 47.4 Å². The molecule has 14 unspecified atom stereocenters. The first-order valence-electron chi connectivity index (χ1n) is 24.7. The Bertz CT molecular complexity index is 1640. The fourth-order valence-corrected chi connectivity index (χ4v) is 10.1. The number of carbonyl (C=O) groups excluding carboxylic acids is 4. The summed E-state index contributed by atoms with van der Waals surface area (Å²) >= 11 is 0. The first-order valence-corrected chi connectivity index (χ1v) is 24.7. The molecule has 4 rings (SSSR count). The molecule has 2 N–H and O–H groups in total. The van der Waals surface area contributed by atoms with Gasteiger partial charge in [-0.3, -0.25) is 14.4 Å². The molecule has 0 aromatic carbocycles. The molecule has 19 atom stereocenters. The fourth-order valence-electron chi connectivity index (χ4n) is 10.1. The SMILES string of the molecule is CCCC(=O)OC1C(C)OC(OC2C(C)OC(O[C@H]3[C@@H](CC=O)C[C@@H](C)C(OC4CCC(N(C)C)C(C)O4)C=CC=CC[C@@H](C)OC(=O)CC(OC(=O)CC)[C@@H]3OC)C(O)C2N(C)C)CC1(C)O. The number of carbonyl (C=O) groups is 4. The summed E-state index contributed by atoms with van der Waals surface area (Å²) in [4.78, 5) is 55.8. The lowest BCUT2D eigenvalue weighted by atomic mass is 9.82. The van der Waals surface area contributed by atoms with Gasteiger partial charge in [0.1, 0.15) is 42.4 Å². The van der Waals surface area contributed by atoms with Gasteiger partial charge in [-0.05, 0) is 100 Å². The van der Waals surface area contributed by atoms with Crippen LogP contribution in [-0.2, 0) is 66.5 Å². The summed E-state index contributed by atoms with van der Waals surface area (Å²) in [5, 5.41) is 23.9. The first-order chi connectivity index (χ1) is 32.1. The summed E-state index contributed by atoms with van der Waals surface area (Å²) in [6.07, 6.45) is -1.07. The van der Waals surface area contributed by atoms with Crippen molar-refractivity contribution in [2.45, 2.75) is 223 Å². The zero-order chi connectivity index (χ0) is 50.5. The highest BCUT2D eigenvalue weighted by Crippen LogP contribution is 2.38. The molecular weight excluding hydrogens is 885 g/mol. The van der Waals surface area contributed by atoms with Gasteiger partial charge in [0.2, 0.25) is 0 Å². The molecule has 390 valence electrons. The van der Waals surface area contributed by atoms with E-state index in [0.29, 0.717) is 25.7 Å². The highest BCUT2D eigenvalue weighted by molar-refractivity contribution is 5.72. The van der Waals surface area contributed by atoms with E-state index in [-0.39, 0.29) is 50.2 Å². The summed E-state index contributed by atoms with van der Waals surface area (Å²) < 4.78 is 62.9. The smallest absolute Gasteiger partial charge is 0.309 e. The molecule has 0 saturated carbocycles. The first kappa shape index (κ1) is 57.7. The van der Waals surface area contributed by atoms with Crippen molar-refractivity contribution < 1.29 is 76.8 Å². The molecule has 4 heterocycles. The van der Waals surface area contributed by atoms with Gasteiger partial charge in [0.15, 0.2) is 25.0 Å². The molecule has 0 bridgehead atoms. The molecule has 18 nitrogen and oxygen atoms in total. The molecule has 0 aliphatic carbocycles. The molecule has 4 aliphatic rings. The lowest BCUT2D eigenvalue weighted by Gasteiger charge is -2.50. The van der Waals surface area contributed by atoms with Gasteiger partial charge in [-0.25, -0.2) is 0 Å². The molecule has 4 aliphatic heterocycles. The largest absolute Gasteiger partial charge is 0.462 e. The number of aldehydes is 1. The Morgan fingerprint density at radius 1 is 0.868 bits per heavy atom. The number of esters is 3. The Kier molecular flexibility index (Phi) is 23.0. The van der Waals surface area contributed by atoms with E-state index in [2.05, 4.69) is 4.90 Å². The van der Waals surface area contributed by atoms with E-state index >= 15 is 0 Å². The Labute approximate surface area is 404 Å². The maximum absolute atomic E-state index is 13.6. The number of cyclic esters (lactones) is 1. The Morgan fingerprint density at radius 2 is 1.57 bits per heavy atom. The van der Waals surface area contributed by atoms with Gasteiger partial charge >= 0.3 is 17.9 Å². The van der Waals surface area contributed by atoms with E-state index in [1.54, 1.807) is 53.6 Å². The number of hydrogen-bond acceptors (Lipinski definition) is 18. The van der Waals surface area contributed by atoms with E-state index in [9.17, 15) is 29.4 Å². The average Bonchev–Trinajstić information content (AvgIpc) is 3.25. The van der Waals surface area contributed by atoms with Gasteiger partial charge < -0.3 is 72.2 Å². The predicted octanol–water partition coefficient (Wildman–Crippen LogP) is 4.64. The van der Waals surface area contributed by atoms with Gasteiger partial charge in [-0.15, -0.1) is 0 Å². The van der Waals surface area contributed by atoms with Gasteiger partial charge in [0.25, 0.3) is 0 Å². The van der Waals surface area contributed by atoms with Crippen LogP contribution in [0.25, 0.3) is 0 Å². The Balaban J connectivity index is 1.72. The van der Waals surface area contributed by atoms with Crippen LogP contribution in [0, 0.1) is 11.8 Å². The van der Waals surface area contributed by atoms with Crippen molar-refractivity contribution in [2.75, 3.05) is 35.3 Å². The quantitative estimate of drug-likeness (QED) is 0.123. The zero-order valence-electron chi connectivity index (χ0n) is 42.9. The van der Waals surface area contributed by atoms with E-state index in [1.165, 1.54) is 7.11 Å². The topological polar surface area (TPSA) is 208 Å². The number of nitrogens with zero attached hydrogens (tertiary/aromatic N) is 2. The molecule has 3 fully saturated rings. The molecule has 0 amide bonds. The molecule has 18 heteroatoms. The van der Waals surface area contributed by atoms with Crippen molar-refractivity contribution in [3.8, 4) is 0 Å². The lowest BCUT2D eigenvalue weighted by Crippen LogP contribution is -2.66. The summed E-state index contributed by atoms with van der Waals surface area (Å²) in [5.74, 6) is -2.59. The van der Waals surface area contributed by atoms with Crippen LogP contribution in [0.3, 0.4) is 0 Å². The third-order valence-corrected chi connectivity index (χ3v) is 13.6. The minimum absolute atomic E-state index is 0.00342. The molecule has 0 radical (unpaired) electrons. The third-order valence-electron chi connectivity index (χ3n) is 13.6. The van der Waals surface area contributed by atoms with Crippen LogP contribution in [0.15, 0.2) is 24.3 Å². The van der Waals surface area contributed by atoms with Gasteiger partial charge in [0.05, 0.1) is 43.0 Å². The fraction of sp³-hybridized carbons (Fsp3) is 0.840. The van der Waals surface area contributed by atoms with Crippen LogP contribution in [0.1, 0.15) is 120 Å². The van der Waals surface area contributed by atoms with Crippen LogP contribution < -0.4 is 0 Å². The number of methoxy groups -OCH3 is 1. The Hall–Kier alpha value is -2.88. The third kappa shape index (κ3) is 16.1. The highest BCUT2D eigenvalue weighted by atomic mass is 16.7. The predicted molar refractivity (Wildman–Crippen MR) is 250 cm³/mol. The van der Waals surface area contributed by atoms with Gasteiger partial charge in [-0.2, -0.15) is 0 Å². The molecule has 0 aromatic rings. The number of aliphatic hydroxyl groups is 2. The second kappa shape index (κ2) is 27.1. The number of likely N-dealkylation sites (N-methyl/N-ethyl adjacent to an activating group) is 2. The molecule has 68 heavy (non-hydrogen) atoms. The Morgan fingerprint density at radius 3 is 2.18 bits per heavy atom. The van der Waals surface area contributed by atoms with E-state index in [0.717, 1.165) is 12.7 Å². The second-order valence-corrected chi connectivity index (χ2v) is 19.8. The van der Waals surface area contributed by atoms with Gasteiger partial charge in [0, 0.05) is 45.3 Å². The van der Waals surface area contributed by atoms with Crippen molar-refractivity contribution in [1.29, 1.82) is 0 Å². The lowest BCUT2D eigenvalue weighted by molar-refractivity contribution is -0.344. The molecule has 3 saturated heterocycles. The summed E-state index contributed by atoms with van der Waals surface area (Å²) in [6.45, 7) is 14.4. The van der Waals surface area contributed by atoms with Crippen LogP contribution in [0.4, 0.5) is 0 Å². The summed E-state index contributed by atoms with van der Waals surface area (Å²) in [5.41, 5.74) is -1.50. The number of hydrogen-bond donors (Lipinski definition) is 2. The van der Waals surface area contributed by atoms with Crippen LogP contribution in [-0.4, -0.2) is 183 Å². The van der Waals surface area contributed by atoms with Gasteiger partial charge in [-0.1, -0.05) is 45.1 Å². The molecular formula is C50H84N2O16. The molecule has 0 aromatic heterocycles. The second-order valence-electron chi connectivity index (χ2n) is 19.8.